The van der Waals surface area contributed by atoms with Gasteiger partial charge < -0.3 is 36.0 Å². The van der Waals surface area contributed by atoms with Crippen LogP contribution < -0.4 is 28.5 Å². The molecule has 0 fully saturated rings. The van der Waals surface area contributed by atoms with Gasteiger partial charge in [0.25, 0.3) is 0 Å². The number of pyridine rings is 1. The molecule has 2 aromatic carbocycles. The Bertz CT molecular complexity index is 1450. The monoisotopic (exact) mass is 1050 g/mol. The first-order valence-electron chi connectivity index (χ1n) is 10.5. The first-order chi connectivity index (χ1) is 17.0. The van der Waals surface area contributed by atoms with Crippen molar-refractivity contribution in [2.75, 3.05) is 7.05 Å². The van der Waals surface area contributed by atoms with E-state index in [0.29, 0.717) is 0 Å². The molecule has 0 amide bonds. The number of aromatic nitrogens is 1. The fourth-order valence-electron chi connectivity index (χ4n) is 3.96. The molecule has 0 spiro atoms. The number of hydrogen-bond acceptors (Lipinski definition) is 3. The third kappa shape index (κ3) is 10.9. The molecule has 0 aliphatic carbocycles. The first kappa shape index (κ1) is 39.5. The average Bonchev–Trinajstić information content (AvgIpc) is 2.96. The van der Waals surface area contributed by atoms with E-state index < -0.39 is 15.6 Å². The number of halogens is 7. The molecule has 2 heterocycles. The van der Waals surface area contributed by atoms with Crippen LogP contribution in [0.25, 0.3) is 17.0 Å². The fourth-order valence-corrected chi connectivity index (χ4v) is 3.96. The molecular formula is C25H27F3I4N2O3SV-. The maximum absolute atomic E-state index is 10.7. The van der Waals surface area contributed by atoms with Crippen LogP contribution in [0.15, 0.2) is 66.9 Å². The molecule has 39 heavy (non-hydrogen) atoms. The SMILES string of the molecule is C[N+]1=C(/C=C/c2ccc3c(ccc[n+]3C)c2)C(C)(C)c2ccccc21.O=S(=O)([O-])C(F)(F)F.[CH3-].[I-].[I][V]([I])[I]. The zero-order chi connectivity index (χ0) is 28.2. The van der Waals surface area contributed by atoms with Crippen LogP contribution in [-0.4, -0.2) is 35.8 Å². The van der Waals surface area contributed by atoms with E-state index >= 15 is 0 Å². The molecule has 3 aromatic rings. The molecule has 0 unspecified atom stereocenters. The fraction of sp³-hybridized carbons (Fsp3) is 0.240. The summed E-state index contributed by atoms with van der Waals surface area (Å²) in [6, 6.07) is 19.6. The van der Waals surface area contributed by atoms with Gasteiger partial charge in [0.05, 0.1) is 5.41 Å². The van der Waals surface area contributed by atoms with E-state index in [2.05, 4.69) is 170 Å². The molecule has 14 heteroatoms. The van der Waals surface area contributed by atoms with Gasteiger partial charge in [0, 0.05) is 35.2 Å². The number of hydrogen-bond donors (Lipinski definition) is 0. The van der Waals surface area contributed by atoms with E-state index in [0.717, 1.165) is 0 Å². The molecule has 4 rings (SSSR count). The third-order valence-electron chi connectivity index (χ3n) is 5.67. The Morgan fingerprint density at radius 1 is 0.974 bits per heavy atom. The van der Waals surface area contributed by atoms with Crippen LogP contribution in [0.3, 0.4) is 0 Å². The van der Waals surface area contributed by atoms with Gasteiger partial charge in [-0.3, -0.25) is 0 Å². The van der Waals surface area contributed by atoms with Gasteiger partial charge in [-0.2, -0.15) is 17.7 Å². The van der Waals surface area contributed by atoms with Crippen LogP contribution in [0.1, 0.15) is 25.0 Å². The summed E-state index contributed by atoms with van der Waals surface area (Å²) in [7, 11) is -1.85. The van der Waals surface area contributed by atoms with Gasteiger partial charge >= 0.3 is 70.4 Å². The van der Waals surface area contributed by atoms with Gasteiger partial charge in [-0.05, 0) is 43.7 Å². The molecule has 0 saturated heterocycles. The Labute approximate surface area is 283 Å². The van der Waals surface area contributed by atoms with Crippen LogP contribution in [0.2, 0.25) is 0 Å². The summed E-state index contributed by atoms with van der Waals surface area (Å²) < 4.78 is 63.4. The Hall–Kier alpha value is 0.464. The van der Waals surface area contributed by atoms with Gasteiger partial charge in [-0.15, -0.1) is 0 Å². The second-order valence-electron chi connectivity index (χ2n) is 8.45. The zero-order valence-corrected chi connectivity index (χ0v) is 32.4. The first-order valence-corrected chi connectivity index (χ1v) is 25.5. The van der Waals surface area contributed by atoms with E-state index in [9.17, 15) is 13.2 Å². The van der Waals surface area contributed by atoms with Crippen molar-refractivity contribution in [1.29, 1.82) is 0 Å². The van der Waals surface area contributed by atoms with Crippen molar-refractivity contribution in [2.24, 2.45) is 7.05 Å². The van der Waals surface area contributed by atoms with E-state index in [1.165, 1.54) is 33.4 Å². The van der Waals surface area contributed by atoms with Crippen molar-refractivity contribution in [3.63, 3.8) is 0 Å². The number of aryl methyl sites for hydroxylation is 1. The summed E-state index contributed by atoms with van der Waals surface area (Å²) in [6.45, 7) is 4.60. The second-order valence-corrected chi connectivity index (χ2v) is 45.2. The maximum atomic E-state index is 10.7. The summed E-state index contributed by atoms with van der Waals surface area (Å²) in [5.41, 5.74) is 0.871. The molecule has 1 aliphatic heterocycles. The Kier molecular flexibility index (Phi) is 16.5. The molecular weight excluding hydrogens is 1020 g/mol. The summed E-state index contributed by atoms with van der Waals surface area (Å²) in [5.74, 6) is 0. The molecule has 0 atom stereocenters. The predicted molar refractivity (Wildman–Crippen MR) is 169 cm³/mol. The standard InChI is InChI=1S/C23H24N2.CHF3O3S.CH3.4HI.V/c1-23(2)19-9-5-6-10-21(19)25(4)22(23)14-12-17-11-13-20-18(16-17)8-7-15-24(20)3;2-1(3,4)8(5,6)7;;;;;;/h5-16H,1-4H3;(H,5,6,7);1H3;4*1H;/q+2;;-1;;;;;+3/p-5/b14-12+;;;;;;;. The number of benzene rings is 2. The Morgan fingerprint density at radius 3 is 2.03 bits per heavy atom. The normalized spacial score (nSPS) is 14.1. The summed E-state index contributed by atoms with van der Waals surface area (Å²) >= 11 is 7.39. The summed E-state index contributed by atoms with van der Waals surface area (Å²) in [5, 5.41) is 1.26. The van der Waals surface area contributed by atoms with Crippen LogP contribution >= 0.6 is 59.9 Å². The molecule has 5 nitrogen and oxygen atoms in total. The van der Waals surface area contributed by atoms with Gasteiger partial charge in [0.2, 0.25) is 11.2 Å². The number of allylic oxidation sites excluding steroid dienone is 1. The van der Waals surface area contributed by atoms with Crippen molar-refractivity contribution in [3.05, 3.63) is 85.4 Å². The Balaban J connectivity index is 0.000000878. The molecule has 1 aromatic heterocycles. The van der Waals surface area contributed by atoms with Crippen molar-refractivity contribution in [1.82, 2.24) is 0 Å². The van der Waals surface area contributed by atoms with E-state index in [-0.39, 0.29) is 41.7 Å². The third-order valence-corrected chi connectivity index (χ3v) is 6.24. The van der Waals surface area contributed by atoms with Crippen LogP contribution in [0, 0.1) is 7.43 Å². The number of para-hydroxylation sites is 1. The van der Waals surface area contributed by atoms with Crippen molar-refractivity contribution in [3.8, 4) is 0 Å². The minimum absolute atomic E-state index is 0. The molecule has 0 N–H and O–H groups in total. The summed E-state index contributed by atoms with van der Waals surface area (Å²) in [6.07, 6.45) is 6.58. The molecule has 0 saturated carbocycles. The average molecular weight is 1050 g/mol. The van der Waals surface area contributed by atoms with Crippen LogP contribution in [0.5, 0.6) is 0 Å². The van der Waals surface area contributed by atoms with Crippen LogP contribution in [0.4, 0.5) is 18.9 Å². The Morgan fingerprint density at radius 2 is 1.51 bits per heavy atom. The van der Waals surface area contributed by atoms with Gasteiger partial charge in [-0.25, -0.2) is 13.0 Å². The molecule has 216 valence electrons. The van der Waals surface area contributed by atoms with E-state index in [1.54, 1.807) is 0 Å². The zero-order valence-electron chi connectivity index (χ0n) is 21.5. The van der Waals surface area contributed by atoms with Crippen molar-refractivity contribution >= 4 is 98.4 Å². The quantitative estimate of drug-likeness (QED) is 0.125. The minimum atomic E-state index is -6.09. The molecule has 0 bridgehead atoms. The van der Waals surface area contributed by atoms with Gasteiger partial charge in [0.1, 0.15) is 14.1 Å². The predicted octanol–water partition coefficient (Wildman–Crippen LogP) is 4.54. The van der Waals surface area contributed by atoms with Crippen LogP contribution in [-0.2, 0) is 27.5 Å². The number of alkyl halides is 3. The number of fused-ring (bicyclic) bond motifs is 2. The van der Waals surface area contributed by atoms with Gasteiger partial charge in [0.15, 0.2) is 22.0 Å². The topological polar surface area (TPSA) is 64.1 Å². The number of rotatable bonds is 2. The van der Waals surface area contributed by atoms with Crippen molar-refractivity contribution in [2.45, 2.75) is 24.8 Å². The van der Waals surface area contributed by atoms with E-state index in [4.69, 9.17) is 13.0 Å². The van der Waals surface area contributed by atoms with Crippen molar-refractivity contribution < 1.29 is 64.2 Å². The van der Waals surface area contributed by atoms with E-state index in [1.807, 2.05) is 0 Å². The number of nitrogens with zero attached hydrogens (tertiary/aromatic N) is 2. The molecule has 0 radical (unpaired) electrons. The molecule has 1 aliphatic rings. The summed E-state index contributed by atoms with van der Waals surface area (Å²) in [4.78, 5) is -0.278. The van der Waals surface area contributed by atoms with Gasteiger partial charge in [-0.1, -0.05) is 18.2 Å². The second kappa shape index (κ2) is 16.3.